The number of amides is 1. The van der Waals surface area contributed by atoms with Crippen LogP contribution in [-0.2, 0) is 4.79 Å². The molecule has 2 aliphatic carbocycles. The van der Waals surface area contributed by atoms with Crippen molar-refractivity contribution in [3.05, 3.63) is 0 Å². The summed E-state index contributed by atoms with van der Waals surface area (Å²) in [6, 6.07) is 0.444. The predicted molar refractivity (Wildman–Crippen MR) is 74.3 cm³/mol. The largest absolute Gasteiger partial charge is 0.353 e. The van der Waals surface area contributed by atoms with Gasteiger partial charge >= 0.3 is 0 Å². The maximum atomic E-state index is 11.8. The van der Waals surface area contributed by atoms with Crippen molar-refractivity contribution in [3.8, 4) is 0 Å². The van der Waals surface area contributed by atoms with E-state index in [9.17, 15) is 4.79 Å². The minimum absolute atomic E-state index is 0.287. The maximum Gasteiger partial charge on any atom is 0.220 e. The van der Waals surface area contributed by atoms with Gasteiger partial charge in [0.15, 0.2) is 0 Å². The van der Waals surface area contributed by atoms with E-state index < -0.39 is 0 Å². The van der Waals surface area contributed by atoms with Gasteiger partial charge in [0.25, 0.3) is 0 Å². The first-order chi connectivity index (χ1) is 8.24. The zero-order valence-corrected chi connectivity index (χ0v) is 12.2. The third kappa shape index (κ3) is 4.61. The smallest absolute Gasteiger partial charge is 0.220 e. The highest BCUT2D eigenvalue weighted by molar-refractivity contribution is 9.09. The molecule has 0 atom stereocenters. The van der Waals surface area contributed by atoms with E-state index >= 15 is 0 Å². The highest BCUT2D eigenvalue weighted by Gasteiger charge is 2.21. The Hall–Kier alpha value is -0.0500. The number of hydrogen-bond donors (Lipinski definition) is 1. The lowest BCUT2D eigenvalue weighted by atomic mass is 9.95. The Kier molecular flexibility index (Phi) is 5.33. The normalized spacial score (nSPS) is 30.4. The molecule has 2 rings (SSSR count). The molecule has 0 bridgehead atoms. The molecule has 3 heteroatoms. The molecule has 0 radical (unpaired) electrons. The zero-order chi connectivity index (χ0) is 12.1. The van der Waals surface area contributed by atoms with Crippen LogP contribution in [0.5, 0.6) is 0 Å². The van der Waals surface area contributed by atoms with Crippen LogP contribution in [-0.4, -0.2) is 16.8 Å². The molecule has 0 heterocycles. The van der Waals surface area contributed by atoms with Crippen LogP contribution in [0.15, 0.2) is 0 Å². The van der Waals surface area contributed by atoms with Gasteiger partial charge in [0, 0.05) is 17.3 Å². The fraction of sp³-hybridized carbons (Fsp3) is 0.929. The average molecular weight is 302 g/mol. The number of halogens is 1. The van der Waals surface area contributed by atoms with Gasteiger partial charge in [-0.1, -0.05) is 41.6 Å². The standard InChI is InChI=1S/C14H24BrNO/c15-12-6-8-13(9-7-12)16-14(17)10-5-11-3-1-2-4-11/h11-13H,1-10H2,(H,16,17). The second kappa shape index (κ2) is 6.77. The molecular weight excluding hydrogens is 278 g/mol. The van der Waals surface area contributed by atoms with Gasteiger partial charge in [-0.15, -0.1) is 0 Å². The fourth-order valence-electron chi connectivity index (χ4n) is 3.13. The molecule has 17 heavy (non-hydrogen) atoms. The van der Waals surface area contributed by atoms with E-state index in [-0.39, 0.29) is 5.91 Å². The molecule has 0 aromatic carbocycles. The van der Waals surface area contributed by atoms with Gasteiger partial charge < -0.3 is 5.32 Å². The summed E-state index contributed by atoms with van der Waals surface area (Å²) in [7, 11) is 0. The van der Waals surface area contributed by atoms with Crippen molar-refractivity contribution in [3.63, 3.8) is 0 Å². The Balaban J connectivity index is 1.60. The number of alkyl halides is 1. The van der Waals surface area contributed by atoms with Gasteiger partial charge in [-0.25, -0.2) is 0 Å². The Morgan fingerprint density at radius 1 is 1.06 bits per heavy atom. The van der Waals surface area contributed by atoms with Crippen molar-refractivity contribution < 1.29 is 4.79 Å². The minimum Gasteiger partial charge on any atom is -0.353 e. The lowest BCUT2D eigenvalue weighted by molar-refractivity contribution is -0.122. The molecule has 2 fully saturated rings. The summed E-state index contributed by atoms with van der Waals surface area (Å²) in [5.41, 5.74) is 0. The number of carbonyl (C=O) groups is 1. The van der Waals surface area contributed by atoms with Gasteiger partial charge in [-0.2, -0.15) is 0 Å². The number of hydrogen-bond acceptors (Lipinski definition) is 1. The summed E-state index contributed by atoms with van der Waals surface area (Å²) in [6.45, 7) is 0. The van der Waals surface area contributed by atoms with Crippen LogP contribution in [0.1, 0.15) is 64.2 Å². The van der Waals surface area contributed by atoms with Crippen molar-refractivity contribution in [1.82, 2.24) is 5.32 Å². The SMILES string of the molecule is O=C(CCC1CCCC1)NC1CCC(Br)CC1. The van der Waals surface area contributed by atoms with Gasteiger partial charge in [-0.3, -0.25) is 4.79 Å². The van der Waals surface area contributed by atoms with Crippen LogP contribution < -0.4 is 5.32 Å². The molecule has 0 aromatic rings. The van der Waals surface area contributed by atoms with E-state index in [4.69, 9.17) is 0 Å². The van der Waals surface area contributed by atoms with Crippen LogP contribution >= 0.6 is 15.9 Å². The van der Waals surface area contributed by atoms with Crippen LogP contribution in [0.4, 0.5) is 0 Å². The number of rotatable bonds is 4. The van der Waals surface area contributed by atoms with Gasteiger partial charge in [0.2, 0.25) is 5.91 Å². The molecule has 2 saturated carbocycles. The van der Waals surface area contributed by atoms with E-state index in [2.05, 4.69) is 21.2 Å². The first-order valence-electron chi connectivity index (χ1n) is 7.17. The Morgan fingerprint density at radius 3 is 2.35 bits per heavy atom. The highest BCUT2D eigenvalue weighted by atomic mass is 79.9. The summed E-state index contributed by atoms with van der Waals surface area (Å²) >= 11 is 3.64. The monoisotopic (exact) mass is 301 g/mol. The van der Waals surface area contributed by atoms with Crippen LogP contribution in [0.3, 0.4) is 0 Å². The average Bonchev–Trinajstić information content (AvgIpc) is 2.83. The maximum absolute atomic E-state index is 11.8. The third-order valence-corrected chi connectivity index (χ3v) is 5.19. The molecule has 1 N–H and O–H groups in total. The molecule has 98 valence electrons. The molecule has 2 aliphatic rings. The number of nitrogens with one attached hydrogen (secondary N) is 1. The third-order valence-electron chi connectivity index (χ3n) is 4.28. The van der Waals surface area contributed by atoms with Crippen molar-refractivity contribution in [2.75, 3.05) is 0 Å². The molecule has 2 nitrogen and oxygen atoms in total. The van der Waals surface area contributed by atoms with Crippen LogP contribution in [0.25, 0.3) is 0 Å². The molecule has 0 spiro atoms. The summed E-state index contributed by atoms with van der Waals surface area (Å²) in [5, 5.41) is 3.20. The van der Waals surface area contributed by atoms with E-state index in [0.717, 1.165) is 31.6 Å². The second-order valence-corrected chi connectivity index (χ2v) is 7.00. The first-order valence-corrected chi connectivity index (χ1v) is 8.09. The summed E-state index contributed by atoms with van der Waals surface area (Å²) in [6.07, 6.45) is 12.0. The quantitative estimate of drug-likeness (QED) is 0.787. The van der Waals surface area contributed by atoms with Gasteiger partial charge in [-0.05, 0) is 38.0 Å². The van der Waals surface area contributed by atoms with Crippen LogP contribution in [0.2, 0.25) is 0 Å². The van der Waals surface area contributed by atoms with E-state index in [0.29, 0.717) is 10.9 Å². The Bertz CT molecular complexity index is 243. The van der Waals surface area contributed by atoms with Crippen molar-refractivity contribution in [2.45, 2.75) is 75.1 Å². The lowest BCUT2D eigenvalue weighted by Crippen LogP contribution is -2.37. The molecule has 0 unspecified atom stereocenters. The topological polar surface area (TPSA) is 29.1 Å². The highest BCUT2D eigenvalue weighted by Crippen LogP contribution is 2.28. The summed E-state index contributed by atoms with van der Waals surface area (Å²) < 4.78 is 0. The van der Waals surface area contributed by atoms with Gasteiger partial charge in [0.05, 0.1) is 0 Å². The first kappa shape index (κ1) is 13.4. The minimum atomic E-state index is 0.287. The van der Waals surface area contributed by atoms with Gasteiger partial charge in [0.1, 0.15) is 0 Å². The zero-order valence-electron chi connectivity index (χ0n) is 10.6. The molecule has 0 aromatic heterocycles. The second-order valence-electron chi connectivity index (χ2n) is 5.71. The van der Waals surface area contributed by atoms with E-state index in [1.807, 2.05) is 0 Å². The molecule has 1 amide bonds. The molecule has 0 saturated heterocycles. The predicted octanol–water partition coefficient (Wildman–Crippen LogP) is 3.78. The Morgan fingerprint density at radius 2 is 1.71 bits per heavy atom. The van der Waals surface area contributed by atoms with Crippen LogP contribution in [0, 0.1) is 5.92 Å². The molecule has 0 aliphatic heterocycles. The molecular formula is C14H24BrNO. The fourth-order valence-corrected chi connectivity index (χ4v) is 3.66. The summed E-state index contributed by atoms with van der Waals surface area (Å²) in [4.78, 5) is 12.5. The Labute approximate surface area is 113 Å². The van der Waals surface area contributed by atoms with Crippen molar-refractivity contribution in [1.29, 1.82) is 0 Å². The van der Waals surface area contributed by atoms with Crippen molar-refractivity contribution >= 4 is 21.8 Å². The number of carbonyl (C=O) groups excluding carboxylic acids is 1. The summed E-state index contributed by atoms with van der Waals surface area (Å²) in [5.74, 6) is 1.12. The van der Waals surface area contributed by atoms with Crippen molar-refractivity contribution in [2.24, 2.45) is 5.92 Å². The van der Waals surface area contributed by atoms with E-state index in [1.54, 1.807) is 0 Å². The van der Waals surface area contributed by atoms with E-state index in [1.165, 1.54) is 38.5 Å². The lowest BCUT2D eigenvalue weighted by Gasteiger charge is -2.26.